The van der Waals surface area contributed by atoms with Crippen molar-refractivity contribution >= 4 is 23.2 Å². The zero-order valence-corrected chi connectivity index (χ0v) is 10.7. The number of halogens is 1. The Bertz CT molecular complexity index is 451. The second kappa shape index (κ2) is 6.27. The van der Waals surface area contributed by atoms with Crippen molar-refractivity contribution in [3.63, 3.8) is 0 Å². The smallest absolute Gasteiger partial charge is 0.224 e. The second-order valence-electron chi connectivity index (χ2n) is 4.07. The van der Waals surface area contributed by atoms with Gasteiger partial charge in [-0.3, -0.25) is 4.79 Å². The van der Waals surface area contributed by atoms with Crippen LogP contribution in [0.3, 0.4) is 0 Å². The zero-order chi connectivity index (χ0) is 12.8. The van der Waals surface area contributed by atoms with Crippen LogP contribution in [0, 0.1) is 17.2 Å². The summed E-state index contributed by atoms with van der Waals surface area (Å²) < 4.78 is 0. The number of benzene rings is 1. The highest BCUT2D eigenvalue weighted by Gasteiger charge is 2.09. The Kier molecular flexibility index (Phi) is 4.99. The van der Waals surface area contributed by atoms with Crippen molar-refractivity contribution in [3.8, 4) is 6.07 Å². The molecule has 1 amide bonds. The monoisotopic (exact) mass is 250 g/mol. The van der Waals surface area contributed by atoms with Gasteiger partial charge in [-0.1, -0.05) is 31.9 Å². The quantitative estimate of drug-likeness (QED) is 0.888. The van der Waals surface area contributed by atoms with Crippen LogP contribution in [0.5, 0.6) is 0 Å². The van der Waals surface area contributed by atoms with Crippen LogP contribution in [-0.2, 0) is 4.79 Å². The largest absolute Gasteiger partial charge is 0.325 e. The van der Waals surface area contributed by atoms with E-state index in [4.69, 9.17) is 16.9 Å². The first-order chi connectivity index (χ1) is 8.06. The number of rotatable bonds is 4. The summed E-state index contributed by atoms with van der Waals surface area (Å²) in [6.45, 7) is 4.08. The van der Waals surface area contributed by atoms with Crippen molar-refractivity contribution < 1.29 is 4.79 Å². The van der Waals surface area contributed by atoms with E-state index < -0.39 is 0 Å². The molecule has 4 heteroatoms. The molecule has 0 radical (unpaired) electrons. The summed E-state index contributed by atoms with van der Waals surface area (Å²) in [6, 6.07) is 6.81. The van der Waals surface area contributed by atoms with Crippen LogP contribution in [0.1, 0.15) is 32.3 Å². The maximum atomic E-state index is 11.7. The third-order valence-electron chi connectivity index (χ3n) is 2.60. The van der Waals surface area contributed by atoms with E-state index in [1.807, 2.05) is 19.9 Å². The number of hydrogen-bond acceptors (Lipinski definition) is 2. The molecule has 0 aliphatic rings. The molecule has 0 aliphatic heterocycles. The van der Waals surface area contributed by atoms with Crippen LogP contribution in [-0.4, -0.2) is 5.91 Å². The van der Waals surface area contributed by atoms with Crippen LogP contribution in [0.25, 0.3) is 0 Å². The first-order valence-corrected chi connectivity index (χ1v) is 5.94. The van der Waals surface area contributed by atoms with Crippen LogP contribution in [0.2, 0.25) is 5.02 Å². The molecule has 0 spiro atoms. The third kappa shape index (κ3) is 4.08. The molecule has 0 bridgehead atoms. The molecule has 1 N–H and O–H groups in total. The molecule has 1 aromatic rings. The van der Waals surface area contributed by atoms with Gasteiger partial charge in [0.1, 0.15) is 0 Å². The first kappa shape index (κ1) is 13.5. The highest BCUT2D eigenvalue weighted by Crippen LogP contribution is 2.23. The minimum atomic E-state index is -0.0500. The highest BCUT2D eigenvalue weighted by molar-refractivity contribution is 6.33. The number of nitrogens with one attached hydrogen (secondary N) is 1. The van der Waals surface area contributed by atoms with Crippen molar-refractivity contribution in [1.82, 2.24) is 0 Å². The molecule has 1 unspecified atom stereocenters. The van der Waals surface area contributed by atoms with Crippen LogP contribution >= 0.6 is 11.6 Å². The molecule has 3 nitrogen and oxygen atoms in total. The number of anilines is 1. The lowest BCUT2D eigenvalue weighted by atomic mass is 10.0. The molecule has 0 aliphatic carbocycles. The van der Waals surface area contributed by atoms with Gasteiger partial charge in [-0.15, -0.1) is 0 Å². The highest BCUT2D eigenvalue weighted by atomic mass is 35.5. The lowest BCUT2D eigenvalue weighted by Gasteiger charge is -2.10. The summed E-state index contributed by atoms with van der Waals surface area (Å²) in [5.74, 6) is 0.304. The number of amides is 1. The van der Waals surface area contributed by atoms with E-state index in [1.54, 1.807) is 18.2 Å². The van der Waals surface area contributed by atoms with Crippen LogP contribution in [0.15, 0.2) is 18.2 Å². The summed E-state index contributed by atoms with van der Waals surface area (Å²) in [4.78, 5) is 11.7. The topological polar surface area (TPSA) is 52.9 Å². The molecule has 1 rings (SSSR count). The van der Waals surface area contributed by atoms with E-state index in [0.717, 1.165) is 6.42 Å². The van der Waals surface area contributed by atoms with E-state index in [0.29, 0.717) is 28.6 Å². The number of hydrogen-bond donors (Lipinski definition) is 1. The number of carbonyl (C=O) groups is 1. The predicted molar refractivity (Wildman–Crippen MR) is 68.9 cm³/mol. The lowest BCUT2D eigenvalue weighted by Crippen LogP contribution is -2.15. The third-order valence-corrected chi connectivity index (χ3v) is 2.92. The van der Waals surface area contributed by atoms with E-state index in [1.165, 1.54) is 0 Å². The molecule has 1 aromatic carbocycles. The Morgan fingerprint density at radius 1 is 1.59 bits per heavy atom. The van der Waals surface area contributed by atoms with E-state index in [9.17, 15) is 4.79 Å². The summed E-state index contributed by atoms with van der Waals surface area (Å²) >= 11 is 5.96. The van der Waals surface area contributed by atoms with Gasteiger partial charge in [0, 0.05) is 6.42 Å². The Balaban J connectivity index is 2.69. The molecule has 17 heavy (non-hydrogen) atoms. The summed E-state index contributed by atoms with van der Waals surface area (Å²) in [7, 11) is 0. The van der Waals surface area contributed by atoms with Crippen molar-refractivity contribution in [2.75, 3.05) is 5.32 Å². The molecule has 90 valence electrons. The van der Waals surface area contributed by atoms with Gasteiger partial charge in [-0.25, -0.2) is 0 Å². The molecular formula is C13H15ClN2O. The number of nitrogens with zero attached hydrogens (tertiary/aromatic N) is 1. The second-order valence-corrected chi connectivity index (χ2v) is 4.48. The lowest BCUT2D eigenvalue weighted by molar-refractivity contribution is -0.117. The van der Waals surface area contributed by atoms with E-state index in [2.05, 4.69) is 5.32 Å². The molecule has 0 saturated carbocycles. The van der Waals surface area contributed by atoms with Crippen molar-refractivity contribution in [3.05, 3.63) is 28.8 Å². The minimum absolute atomic E-state index is 0.0500. The molecule has 0 fully saturated rings. The average molecular weight is 251 g/mol. The minimum Gasteiger partial charge on any atom is -0.325 e. The standard InChI is InChI=1S/C13H15ClN2O/c1-3-9(2)6-13(17)16-12-5-4-10(8-15)7-11(12)14/h4-5,7,9H,3,6H2,1-2H3,(H,16,17). The molecule has 0 heterocycles. The Labute approximate surface area is 106 Å². The average Bonchev–Trinajstić information content (AvgIpc) is 2.31. The molecule has 0 saturated heterocycles. The summed E-state index contributed by atoms with van der Waals surface area (Å²) in [5.41, 5.74) is 1.04. The van der Waals surface area contributed by atoms with E-state index >= 15 is 0 Å². The summed E-state index contributed by atoms with van der Waals surface area (Å²) in [5, 5.41) is 11.8. The molecule has 1 atom stereocenters. The fourth-order valence-electron chi connectivity index (χ4n) is 1.35. The number of carbonyl (C=O) groups excluding carboxylic acids is 1. The Hall–Kier alpha value is -1.53. The maximum absolute atomic E-state index is 11.7. The van der Waals surface area contributed by atoms with Crippen molar-refractivity contribution in [2.24, 2.45) is 5.92 Å². The van der Waals surface area contributed by atoms with Crippen molar-refractivity contribution in [1.29, 1.82) is 5.26 Å². The van der Waals surface area contributed by atoms with Crippen LogP contribution < -0.4 is 5.32 Å². The molecular weight excluding hydrogens is 236 g/mol. The molecule has 0 aromatic heterocycles. The fraction of sp³-hybridized carbons (Fsp3) is 0.385. The zero-order valence-electron chi connectivity index (χ0n) is 9.96. The van der Waals surface area contributed by atoms with Crippen LogP contribution in [0.4, 0.5) is 5.69 Å². The Morgan fingerprint density at radius 2 is 2.29 bits per heavy atom. The fourth-order valence-corrected chi connectivity index (χ4v) is 1.58. The predicted octanol–water partition coefficient (Wildman–Crippen LogP) is 3.59. The van der Waals surface area contributed by atoms with E-state index in [-0.39, 0.29) is 5.91 Å². The normalized spacial score (nSPS) is 11.6. The van der Waals surface area contributed by atoms with Gasteiger partial charge in [-0.05, 0) is 24.1 Å². The SMILES string of the molecule is CCC(C)CC(=O)Nc1ccc(C#N)cc1Cl. The van der Waals surface area contributed by atoms with Gasteiger partial charge in [-0.2, -0.15) is 5.26 Å². The van der Waals surface area contributed by atoms with Gasteiger partial charge in [0.05, 0.1) is 22.3 Å². The van der Waals surface area contributed by atoms with Crippen molar-refractivity contribution in [2.45, 2.75) is 26.7 Å². The summed E-state index contributed by atoms with van der Waals surface area (Å²) in [6.07, 6.45) is 1.45. The van der Waals surface area contributed by atoms with Gasteiger partial charge < -0.3 is 5.32 Å². The maximum Gasteiger partial charge on any atom is 0.224 e. The first-order valence-electron chi connectivity index (χ1n) is 5.56. The Morgan fingerprint density at radius 3 is 2.82 bits per heavy atom. The number of nitriles is 1. The van der Waals surface area contributed by atoms with Gasteiger partial charge >= 0.3 is 0 Å². The van der Waals surface area contributed by atoms with Gasteiger partial charge in [0.25, 0.3) is 0 Å². The van der Waals surface area contributed by atoms with Gasteiger partial charge in [0.2, 0.25) is 5.91 Å². The van der Waals surface area contributed by atoms with Gasteiger partial charge in [0.15, 0.2) is 0 Å².